The van der Waals surface area contributed by atoms with Crippen molar-refractivity contribution in [2.45, 2.75) is 6.61 Å². The summed E-state index contributed by atoms with van der Waals surface area (Å²) in [6.45, 7) is 0.214. The molecule has 0 fully saturated rings. The highest BCUT2D eigenvalue weighted by molar-refractivity contribution is 9.10. The number of hydrogen-bond acceptors (Lipinski definition) is 4. The maximum Gasteiger partial charge on any atom is 0.271 e. The molecule has 0 saturated heterocycles. The van der Waals surface area contributed by atoms with Gasteiger partial charge >= 0.3 is 0 Å². The molecule has 0 spiro atoms. The zero-order chi connectivity index (χ0) is 22.4. The van der Waals surface area contributed by atoms with E-state index in [0.29, 0.717) is 37.1 Å². The van der Waals surface area contributed by atoms with E-state index in [-0.39, 0.29) is 6.61 Å². The van der Waals surface area contributed by atoms with Crippen LogP contribution in [0.1, 0.15) is 21.5 Å². The summed E-state index contributed by atoms with van der Waals surface area (Å²) in [7, 11) is 1.52. The van der Waals surface area contributed by atoms with E-state index in [2.05, 4.69) is 26.5 Å². The summed E-state index contributed by atoms with van der Waals surface area (Å²) in [5, 5.41) is 4.98. The molecule has 0 unspecified atom stereocenters. The number of amides is 1. The molecule has 3 aromatic rings. The van der Waals surface area contributed by atoms with Crippen LogP contribution in [0.2, 0.25) is 10.0 Å². The molecule has 0 aliphatic rings. The first-order valence-corrected chi connectivity index (χ1v) is 10.5. The lowest BCUT2D eigenvalue weighted by atomic mass is 10.2. The Bertz CT molecular complexity index is 1120. The van der Waals surface area contributed by atoms with E-state index >= 15 is 0 Å². The minimum atomic E-state index is -0.456. The normalized spacial score (nSPS) is 10.9. The summed E-state index contributed by atoms with van der Waals surface area (Å²) in [6, 6.07) is 13.8. The van der Waals surface area contributed by atoms with Crippen LogP contribution >= 0.6 is 39.1 Å². The molecule has 0 aliphatic carbocycles. The fourth-order valence-corrected chi connectivity index (χ4v) is 3.61. The van der Waals surface area contributed by atoms with Crippen molar-refractivity contribution >= 4 is 51.3 Å². The number of hydrogen-bond donors (Lipinski definition) is 1. The molecule has 0 saturated carbocycles. The molecule has 0 heterocycles. The number of carbonyl (C=O) groups is 1. The Labute approximate surface area is 196 Å². The smallest absolute Gasteiger partial charge is 0.271 e. The lowest BCUT2D eigenvalue weighted by molar-refractivity contribution is 0.0955. The van der Waals surface area contributed by atoms with Crippen LogP contribution in [0.5, 0.6) is 11.5 Å². The molecule has 31 heavy (non-hydrogen) atoms. The van der Waals surface area contributed by atoms with Gasteiger partial charge in [-0.1, -0.05) is 29.3 Å². The van der Waals surface area contributed by atoms with E-state index in [0.717, 1.165) is 5.56 Å². The van der Waals surface area contributed by atoms with Gasteiger partial charge in [-0.15, -0.1) is 0 Å². The third-order valence-electron chi connectivity index (χ3n) is 4.13. The van der Waals surface area contributed by atoms with Crippen molar-refractivity contribution in [2.24, 2.45) is 5.10 Å². The van der Waals surface area contributed by atoms with Crippen molar-refractivity contribution in [3.05, 3.63) is 91.6 Å². The van der Waals surface area contributed by atoms with Gasteiger partial charge in [-0.25, -0.2) is 9.82 Å². The SMILES string of the molecule is COc1cc(/C=N\NC(=O)c2ccc(F)cc2)cc(Br)c1OCc1ccc(Cl)cc1Cl. The predicted octanol–water partition coefficient (Wildman–Crippen LogP) is 6.25. The molecule has 0 aromatic heterocycles. The van der Waals surface area contributed by atoms with Gasteiger partial charge in [0.05, 0.1) is 17.8 Å². The average molecular weight is 526 g/mol. The third kappa shape index (κ3) is 6.19. The lowest BCUT2D eigenvalue weighted by Gasteiger charge is -2.14. The van der Waals surface area contributed by atoms with Crippen LogP contribution in [-0.4, -0.2) is 19.2 Å². The van der Waals surface area contributed by atoms with E-state index < -0.39 is 11.7 Å². The Hall–Kier alpha value is -2.61. The lowest BCUT2D eigenvalue weighted by Crippen LogP contribution is -2.17. The van der Waals surface area contributed by atoms with Gasteiger partial charge in [-0.2, -0.15) is 5.10 Å². The summed E-state index contributed by atoms with van der Waals surface area (Å²) >= 11 is 15.6. The maximum atomic E-state index is 13.0. The molecule has 0 radical (unpaired) electrons. The van der Waals surface area contributed by atoms with Crippen molar-refractivity contribution < 1.29 is 18.7 Å². The Balaban J connectivity index is 1.70. The molecule has 1 amide bonds. The minimum Gasteiger partial charge on any atom is -0.493 e. The number of ether oxygens (including phenoxy) is 2. The fraction of sp³-hybridized carbons (Fsp3) is 0.0909. The second-order valence-corrected chi connectivity index (χ2v) is 7.96. The summed E-state index contributed by atoms with van der Waals surface area (Å²) in [5.41, 5.74) is 4.11. The second kappa shape index (κ2) is 10.6. The molecule has 3 rings (SSSR count). The first kappa shape index (κ1) is 23.1. The van der Waals surface area contributed by atoms with E-state index in [1.807, 2.05) is 0 Å². The maximum absolute atomic E-state index is 13.0. The molecular formula is C22H16BrCl2FN2O3. The Morgan fingerprint density at radius 2 is 1.90 bits per heavy atom. The van der Waals surface area contributed by atoms with Gasteiger partial charge in [0.1, 0.15) is 12.4 Å². The molecule has 0 atom stereocenters. The zero-order valence-electron chi connectivity index (χ0n) is 16.2. The van der Waals surface area contributed by atoms with Crippen LogP contribution in [0.3, 0.4) is 0 Å². The molecule has 0 bridgehead atoms. The van der Waals surface area contributed by atoms with Crippen LogP contribution in [0.25, 0.3) is 0 Å². The number of hydrazone groups is 1. The number of nitrogens with one attached hydrogen (secondary N) is 1. The Morgan fingerprint density at radius 1 is 1.16 bits per heavy atom. The summed E-state index contributed by atoms with van der Waals surface area (Å²) < 4.78 is 24.9. The summed E-state index contributed by atoms with van der Waals surface area (Å²) in [6.07, 6.45) is 1.45. The van der Waals surface area contributed by atoms with Gasteiger partial charge in [-0.05, 0) is 70.0 Å². The van der Waals surface area contributed by atoms with Gasteiger partial charge in [0.15, 0.2) is 11.5 Å². The molecule has 9 heteroatoms. The quantitative estimate of drug-likeness (QED) is 0.293. The van der Waals surface area contributed by atoms with Crippen LogP contribution in [0, 0.1) is 5.82 Å². The molecule has 160 valence electrons. The van der Waals surface area contributed by atoms with E-state index in [4.69, 9.17) is 32.7 Å². The molecule has 5 nitrogen and oxygen atoms in total. The monoisotopic (exact) mass is 524 g/mol. The molecule has 1 N–H and O–H groups in total. The molecule has 3 aromatic carbocycles. The standard InChI is InChI=1S/C22H16BrCl2FN2O3/c1-30-20-9-13(11-27-28-22(29)14-3-6-17(26)7-4-14)8-18(23)21(20)31-12-15-2-5-16(24)10-19(15)25/h2-11H,12H2,1H3,(H,28,29)/b27-11-. The average Bonchev–Trinajstić information content (AvgIpc) is 2.74. The van der Waals surface area contributed by atoms with Crippen LogP contribution in [0.15, 0.2) is 64.2 Å². The number of benzene rings is 3. The topological polar surface area (TPSA) is 59.9 Å². The highest BCUT2D eigenvalue weighted by atomic mass is 79.9. The summed E-state index contributed by atoms with van der Waals surface area (Å²) in [4.78, 5) is 12.0. The van der Waals surface area contributed by atoms with Gasteiger partial charge in [0.2, 0.25) is 0 Å². The minimum absolute atomic E-state index is 0.214. The largest absolute Gasteiger partial charge is 0.493 e. The summed E-state index contributed by atoms with van der Waals surface area (Å²) in [5.74, 6) is 0.0755. The molecular weight excluding hydrogens is 510 g/mol. The van der Waals surface area contributed by atoms with Crippen LogP contribution < -0.4 is 14.9 Å². The van der Waals surface area contributed by atoms with E-state index in [1.165, 1.54) is 37.6 Å². The zero-order valence-corrected chi connectivity index (χ0v) is 19.3. The van der Waals surface area contributed by atoms with E-state index in [1.54, 1.807) is 30.3 Å². The van der Waals surface area contributed by atoms with Crippen LogP contribution in [-0.2, 0) is 6.61 Å². The van der Waals surface area contributed by atoms with E-state index in [9.17, 15) is 9.18 Å². The first-order chi connectivity index (χ1) is 14.9. The second-order valence-electron chi connectivity index (χ2n) is 6.26. The molecule has 0 aliphatic heterocycles. The Morgan fingerprint density at radius 3 is 2.58 bits per heavy atom. The predicted molar refractivity (Wildman–Crippen MR) is 123 cm³/mol. The third-order valence-corrected chi connectivity index (χ3v) is 5.30. The van der Waals surface area contributed by atoms with Crippen molar-refractivity contribution in [3.8, 4) is 11.5 Å². The Kier molecular flexibility index (Phi) is 7.90. The highest BCUT2D eigenvalue weighted by Crippen LogP contribution is 2.37. The van der Waals surface area contributed by atoms with Crippen molar-refractivity contribution in [3.63, 3.8) is 0 Å². The van der Waals surface area contributed by atoms with Gasteiger partial charge < -0.3 is 9.47 Å². The van der Waals surface area contributed by atoms with Crippen LogP contribution in [0.4, 0.5) is 4.39 Å². The number of halogens is 4. The number of carbonyl (C=O) groups excluding carboxylic acids is 1. The highest BCUT2D eigenvalue weighted by Gasteiger charge is 2.13. The fourth-order valence-electron chi connectivity index (χ4n) is 2.57. The number of methoxy groups -OCH3 is 1. The van der Waals surface area contributed by atoms with Gasteiger partial charge in [0.25, 0.3) is 5.91 Å². The first-order valence-electron chi connectivity index (χ1n) is 8.90. The van der Waals surface area contributed by atoms with Crippen molar-refractivity contribution in [2.75, 3.05) is 7.11 Å². The van der Waals surface area contributed by atoms with Crippen molar-refractivity contribution in [1.82, 2.24) is 5.43 Å². The van der Waals surface area contributed by atoms with Gasteiger partial charge in [0, 0.05) is 21.2 Å². The van der Waals surface area contributed by atoms with Crippen molar-refractivity contribution in [1.29, 1.82) is 0 Å². The number of rotatable bonds is 7. The van der Waals surface area contributed by atoms with Gasteiger partial charge in [-0.3, -0.25) is 4.79 Å². The number of nitrogens with zero attached hydrogens (tertiary/aromatic N) is 1.